The smallest absolute Gasteiger partial charge is 0.108 e. The summed E-state index contributed by atoms with van der Waals surface area (Å²) in [5, 5.41) is 0. The SMILES string of the molecule is CCCn1ccnc1CCC(Br)C1CC1. The second kappa shape index (κ2) is 5.15. The molecule has 2 rings (SSSR count). The van der Waals surface area contributed by atoms with Gasteiger partial charge in [-0.1, -0.05) is 22.9 Å². The maximum atomic E-state index is 4.43. The van der Waals surface area contributed by atoms with Crippen LogP contribution in [0.15, 0.2) is 12.4 Å². The molecule has 0 bridgehead atoms. The molecule has 2 nitrogen and oxygen atoms in total. The Morgan fingerprint density at radius 1 is 1.60 bits per heavy atom. The van der Waals surface area contributed by atoms with E-state index in [2.05, 4.69) is 38.6 Å². The summed E-state index contributed by atoms with van der Waals surface area (Å²) < 4.78 is 2.28. The van der Waals surface area contributed by atoms with Crippen LogP contribution in [0.1, 0.15) is 38.4 Å². The number of alkyl halides is 1. The fourth-order valence-corrected chi connectivity index (χ4v) is 2.73. The third-order valence-electron chi connectivity index (χ3n) is 3.04. The van der Waals surface area contributed by atoms with Gasteiger partial charge in [-0.2, -0.15) is 0 Å². The van der Waals surface area contributed by atoms with Crippen molar-refractivity contribution in [3.05, 3.63) is 18.2 Å². The number of hydrogen-bond donors (Lipinski definition) is 0. The molecule has 0 N–H and O–H groups in total. The van der Waals surface area contributed by atoms with Crippen LogP contribution >= 0.6 is 15.9 Å². The van der Waals surface area contributed by atoms with E-state index in [4.69, 9.17) is 0 Å². The number of halogens is 1. The van der Waals surface area contributed by atoms with Gasteiger partial charge in [0.15, 0.2) is 0 Å². The van der Waals surface area contributed by atoms with Crippen molar-refractivity contribution in [3.8, 4) is 0 Å². The molecule has 0 spiro atoms. The fourth-order valence-electron chi connectivity index (χ4n) is 1.97. The maximum Gasteiger partial charge on any atom is 0.108 e. The van der Waals surface area contributed by atoms with Gasteiger partial charge in [0, 0.05) is 30.2 Å². The highest BCUT2D eigenvalue weighted by molar-refractivity contribution is 9.09. The minimum absolute atomic E-state index is 0.712. The number of nitrogens with zero attached hydrogens (tertiary/aromatic N) is 2. The Morgan fingerprint density at radius 2 is 2.40 bits per heavy atom. The molecule has 0 aromatic carbocycles. The standard InChI is InChI=1S/C12H19BrN2/c1-2-8-15-9-7-14-12(15)6-5-11(13)10-3-4-10/h7,9-11H,2-6,8H2,1H3. The van der Waals surface area contributed by atoms with Crippen molar-refractivity contribution in [3.63, 3.8) is 0 Å². The highest BCUT2D eigenvalue weighted by atomic mass is 79.9. The number of aryl methyl sites for hydroxylation is 2. The van der Waals surface area contributed by atoms with E-state index in [0.717, 1.165) is 18.9 Å². The van der Waals surface area contributed by atoms with Crippen LogP contribution in [0.5, 0.6) is 0 Å². The van der Waals surface area contributed by atoms with Crippen molar-refractivity contribution in [1.82, 2.24) is 9.55 Å². The van der Waals surface area contributed by atoms with Gasteiger partial charge in [-0.05, 0) is 31.6 Å². The first kappa shape index (κ1) is 11.2. The molecule has 1 aromatic heterocycles. The zero-order valence-electron chi connectivity index (χ0n) is 9.32. The molecule has 1 aliphatic rings. The molecule has 1 aliphatic carbocycles. The minimum Gasteiger partial charge on any atom is -0.335 e. The second-order valence-corrected chi connectivity index (χ2v) is 5.61. The molecule has 0 aliphatic heterocycles. The third kappa shape index (κ3) is 3.07. The van der Waals surface area contributed by atoms with Crippen LogP contribution in [0.4, 0.5) is 0 Å². The van der Waals surface area contributed by atoms with Crippen molar-refractivity contribution < 1.29 is 0 Å². The molecule has 0 radical (unpaired) electrons. The fraction of sp³-hybridized carbons (Fsp3) is 0.750. The molecule has 1 aromatic rings. The van der Waals surface area contributed by atoms with Gasteiger partial charge in [0.05, 0.1) is 0 Å². The van der Waals surface area contributed by atoms with Gasteiger partial charge < -0.3 is 4.57 Å². The summed E-state index contributed by atoms with van der Waals surface area (Å²) in [6.45, 7) is 3.31. The average Bonchev–Trinajstić information content (AvgIpc) is 2.99. The van der Waals surface area contributed by atoms with Crippen molar-refractivity contribution in [2.45, 2.75) is 50.4 Å². The molecule has 1 fully saturated rings. The highest BCUT2D eigenvalue weighted by Crippen LogP contribution is 2.38. The van der Waals surface area contributed by atoms with Gasteiger partial charge in [-0.3, -0.25) is 0 Å². The van der Waals surface area contributed by atoms with E-state index < -0.39 is 0 Å². The van der Waals surface area contributed by atoms with E-state index in [-0.39, 0.29) is 0 Å². The Morgan fingerprint density at radius 3 is 3.07 bits per heavy atom. The summed E-state index contributed by atoms with van der Waals surface area (Å²) in [5.41, 5.74) is 0. The largest absolute Gasteiger partial charge is 0.335 e. The van der Waals surface area contributed by atoms with Crippen LogP contribution < -0.4 is 0 Å². The summed E-state index contributed by atoms with van der Waals surface area (Å²) in [5.74, 6) is 2.20. The van der Waals surface area contributed by atoms with Crippen LogP contribution in [0.25, 0.3) is 0 Å². The molecule has 1 atom stereocenters. The number of rotatable bonds is 6. The maximum absolute atomic E-state index is 4.43. The van der Waals surface area contributed by atoms with E-state index in [1.165, 1.54) is 31.5 Å². The minimum atomic E-state index is 0.712. The summed E-state index contributed by atoms with van der Waals surface area (Å²) in [6, 6.07) is 0. The Hall–Kier alpha value is -0.310. The van der Waals surface area contributed by atoms with Crippen LogP contribution in [0.3, 0.4) is 0 Å². The van der Waals surface area contributed by atoms with Crippen molar-refractivity contribution in [2.75, 3.05) is 0 Å². The van der Waals surface area contributed by atoms with E-state index in [1.54, 1.807) is 0 Å². The normalized spacial score (nSPS) is 18.0. The van der Waals surface area contributed by atoms with Gasteiger partial charge in [-0.25, -0.2) is 4.98 Å². The van der Waals surface area contributed by atoms with E-state index in [9.17, 15) is 0 Å². The van der Waals surface area contributed by atoms with Crippen LogP contribution in [-0.4, -0.2) is 14.4 Å². The van der Waals surface area contributed by atoms with Crippen molar-refractivity contribution >= 4 is 15.9 Å². The zero-order valence-corrected chi connectivity index (χ0v) is 10.9. The number of aromatic nitrogens is 2. The molecule has 1 unspecified atom stereocenters. The van der Waals surface area contributed by atoms with Gasteiger partial charge in [0.2, 0.25) is 0 Å². The molecular weight excluding hydrogens is 252 g/mol. The molecule has 1 heterocycles. The Bertz CT molecular complexity index is 304. The molecule has 3 heteroatoms. The van der Waals surface area contributed by atoms with Gasteiger partial charge in [0.1, 0.15) is 5.82 Å². The van der Waals surface area contributed by atoms with Gasteiger partial charge in [0.25, 0.3) is 0 Å². The highest BCUT2D eigenvalue weighted by Gasteiger charge is 2.28. The van der Waals surface area contributed by atoms with Gasteiger partial charge >= 0.3 is 0 Å². The number of imidazole rings is 1. The van der Waals surface area contributed by atoms with Crippen LogP contribution in [-0.2, 0) is 13.0 Å². The Kier molecular flexibility index (Phi) is 3.84. The monoisotopic (exact) mass is 270 g/mol. The molecule has 84 valence electrons. The van der Waals surface area contributed by atoms with Crippen molar-refractivity contribution in [2.24, 2.45) is 5.92 Å². The summed E-state index contributed by atoms with van der Waals surface area (Å²) in [6.07, 6.45) is 10.4. The lowest BCUT2D eigenvalue weighted by atomic mass is 10.1. The van der Waals surface area contributed by atoms with E-state index in [1.807, 2.05) is 6.20 Å². The second-order valence-electron chi connectivity index (χ2n) is 4.43. The molecule has 0 amide bonds. The predicted octanol–water partition coefficient (Wildman–Crippen LogP) is 3.40. The lowest BCUT2D eigenvalue weighted by Crippen LogP contribution is -2.07. The Labute approximate surface area is 100 Å². The summed E-state index contributed by atoms with van der Waals surface area (Å²) in [7, 11) is 0. The quantitative estimate of drug-likeness (QED) is 0.725. The topological polar surface area (TPSA) is 17.8 Å². The molecule has 1 saturated carbocycles. The first-order valence-corrected chi connectivity index (χ1v) is 6.87. The summed E-state index contributed by atoms with van der Waals surface area (Å²) >= 11 is 3.78. The lowest BCUT2D eigenvalue weighted by molar-refractivity contribution is 0.606. The third-order valence-corrected chi connectivity index (χ3v) is 4.25. The first-order chi connectivity index (χ1) is 7.31. The zero-order chi connectivity index (χ0) is 10.7. The van der Waals surface area contributed by atoms with Gasteiger partial charge in [-0.15, -0.1) is 0 Å². The van der Waals surface area contributed by atoms with E-state index >= 15 is 0 Å². The van der Waals surface area contributed by atoms with E-state index in [0.29, 0.717) is 4.83 Å². The molecule has 15 heavy (non-hydrogen) atoms. The average molecular weight is 271 g/mol. The lowest BCUT2D eigenvalue weighted by Gasteiger charge is -2.09. The summed E-state index contributed by atoms with van der Waals surface area (Å²) in [4.78, 5) is 5.14. The first-order valence-electron chi connectivity index (χ1n) is 5.95. The predicted molar refractivity (Wildman–Crippen MR) is 66.3 cm³/mol. The number of hydrogen-bond acceptors (Lipinski definition) is 1. The Balaban J connectivity index is 1.83. The van der Waals surface area contributed by atoms with Crippen LogP contribution in [0.2, 0.25) is 0 Å². The molecule has 0 saturated heterocycles. The van der Waals surface area contributed by atoms with Crippen LogP contribution in [0, 0.1) is 5.92 Å². The van der Waals surface area contributed by atoms with Crippen molar-refractivity contribution in [1.29, 1.82) is 0 Å². The molecular formula is C12H19BrN2.